The van der Waals surface area contributed by atoms with Crippen molar-refractivity contribution in [3.63, 3.8) is 0 Å². The quantitative estimate of drug-likeness (QED) is 0.827. The fourth-order valence-corrected chi connectivity index (χ4v) is 3.46. The van der Waals surface area contributed by atoms with Gasteiger partial charge in [0.1, 0.15) is 13.2 Å². The van der Waals surface area contributed by atoms with Crippen LogP contribution in [-0.4, -0.2) is 56.5 Å². The lowest BCUT2D eigenvalue weighted by Gasteiger charge is -2.31. The molecule has 6 nitrogen and oxygen atoms in total. The van der Waals surface area contributed by atoms with Gasteiger partial charge in [-0.1, -0.05) is 6.07 Å². The molecule has 2 saturated heterocycles. The fraction of sp³-hybridized carbons (Fsp3) is 0.588. The third-order valence-corrected chi connectivity index (χ3v) is 4.58. The van der Waals surface area contributed by atoms with E-state index >= 15 is 0 Å². The topological polar surface area (TPSA) is 57.2 Å². The van der Waals surface area contributed by atoms with Crippen molar-refractivity contribution in [2.24, 2.45) is 0 Å². The number of hydrogen-bond donors (Lipinski definition) is 0. The van der Waals surface area contributed by atoms with Crippen LogP contribution < -0.4 is 9.47 Å². The van der Waals surface area contributed by atoms with E-state index in [1.54, 1.807) is 0 Å². The summed E-state index contributed by atoms with van der Waals surface area (Å²) in [4.78, 5) is 14.7. The van der Waals surface area contributed by atoms with Crippen LogP contribution in [0.3, 0.4) is 0 Å². The highest BCUT2D eigenvalue weighted by Gasteiger charge is 2.35. The molecule has 3 aliphatic rings. The molecule has 3 aliphatic heterocycles. The van der Waals surface area contributed by atoms with E-state index in [1.165, 1.54) is 0 Å². The molecule has 0 radical (unpaired) electrons. The molecule has 0 bridgehead atoms. The van der Waals surface area contributed by atoms with Gasteiger partial charge in [-0.15, -0.1) is 0 Å². The van der Waals surface area contributed by atoms with Crippen molar-refractivity contribution >= 4 is 5.91 Å². The Morgan fingerprint density at radius 3 is 2.78 bits per heavy atom. The Labute approximate surface area is 135 Å². The molecule has 2 fully saturated rings. The third-order valence-electron chi connectivity index (χ3n) is 4.58. The Balaban J connectivity index is 1.54. The Bertz CT molecular complexity index is 584. The molecule has 0 saturated carbocycles. The molecular weight excluding hydrogens is 298 g/mol. The number of ether oxygens (including phenoxy) is 4. The van der Waals surface area contributed by atoms with Crippen LogP contribution in [0, 0.1) is 0 Å². The fourth-order valence-electron chi connectivity index (χ4n) is 3.46. The second kappa shape index (κ2) is 6.37. The zero-order valence-corrected chi connectivity index (χ0v) is 13.0. The van der Waals surface area contributed by atoms with Gasteiger partial charge in [-0.05, 0) is 30.5 Å². The van der Waals surface area contributed by atoms with E-state index in [2.05, 4.69) is 0 Å². The predicted octanol–water partition coefficient (Wildman–Crippen LogP) is 1.54. The molecule has 3 heterocycles. The lowest BCUT2D eigenvalue weighted by molar-refractivity contribution is -0.158. The highest BCUT2D eigenvalue weighted by atomic mass is 16.6. The lowest BCUT2D eigenvalue weighted by atomic mass is 10.0. The molecule has 0 aliphatic carbocycles. The number of rotatable bonds is 2. The van der Waals surface area contributed by atoms with Gasteiger partial charge in [-0.25, -0.2) is 0 Å². The summed E-state index contributed by atoms with van der Waals surface area (Å²) >= 11 is 0. The van der Waals surface area contributed by atoms with Crippen molar-refractivity contribution in [3.05, 3.63) is 23.8 Å². The third kappa shape index (κ3) is 2.88. The first-order valence-corrected chi connectivity index (χ1v) is 8.22. The monoisotopic (exact) mass is 319 g/mol. The van der Waals surface area contributed by atoms with Gasteiger partial charge in [0.15, 0.2) is 17.6 Å². The summed E-state index contributed by atoms with van der Waals surface area (Å²) in [5.74, 6) is 1.58. The summed E-state index contributed by atoms with van der Waals surface area (Å²) in [6.45, 7) is 3.31. The summed E-state index contributed by atoms with van der Waals surface area (Å²) in [5.41, 5.74) is 1.09. The average Bonchev–Trinajstić information content (AvgIpc) is 3.11. The summed E-state index contributed by atoms with van der Waals surface area (Å²) in [7, 11) is 0. The van der Waals surface area contributed by atoms with Crippen molar-refractivity contribution in [1.29, 1.82) is 0 Å². The van der Waals surface area contributed by atoms with Crippen molar-refractivity contribution in [1.82, 2.24) is 4.90 Å². The number of amides is 1. The molecule has 0 unspecified atom stereocenters. The van der Waals surface area contributed by atoms with E-state index in [9.17, 15) is 4.79 Å². The van der Waals surface area contributed by atoms with E-state index in [0.717, 1.165) is 36.4 Å². The van der Waals surface area contributed by atoms with E-state index < -0.39 is 6.10 Å². The molecule has 23 heavy (non-hydrogen) atoms. The van der Waals surface area contributed by atoms with Crippen molar-refractivity contribution in [2.75, 3.05) is 39.6 Å². The van der Waals surface area contributed by atoms with Crippen LogP contribution in [0.2, 0.25) is 0 Å². The summed E-state index contributed by atoms with van der Waals surface area (Å²) < 4.78 is 22.2. The number of carbonyl (C=O) groups is 1. The number of carbonyl (C=O) groups excluding carboxylic acids is 1. The first kappa shape index (κ1) is 14.8. The minimum Gasteiger partial charge on any atom is -0.486 e. The zero-order chi connectivity index (χ0) is 15.6. The van der Waals surface area contributed by atoms with Gasteiger partial charge in [-0.3, -0.25) is 4.79 Å². The number of hydrogen-bond acceptors (Lipinski definition) is 5. The maximum atomic E-state index is 12.7. The average molecular weight is 319 g/mol. The molecule has 4 rings (SSSR count). The van der Waals surface area contributed by atoms with Gasteiger partial charge in [0.2, 0.25) is 0 Å². The van der Waals surface area contributed by atoms with Gasteiger partial charge in [0.25, 0.3) is 5.91 Å². The van der Waals surface area contributed by atoms with Crippen LogP contribution >= 0.6 is 0 Å². The van der Waals surface area contributed by atoms with Crippen LogP contribution in [0.25, 0.3) is 0 Å². The van der Waals surface area contributed by atoms with Crippen molar-refractivity contribution < 1.29 is 23.7 Å². The highest BCUT2D eigenvalue weighted by Crippen LogP contribution is 2.38. The Morgan fingerprint density at radius 1 is 1.09 bits per heavy atom. The number of likely N-dealkylation sites (tertiary alicyclic amines) is 1. The van der Waals surface area contributed by atoms with Crippen molar-refractivity contribution in [3.8, 4) is 11.5 Å². The van der Waals surface area contributed by atoms with Crippen LogP contribution in [0.1, 0.15) is 24.4 Å². The van der Waals surface area contributed by atoms with Gasteiger partial charge in [0, 0.05) is 6.54 Å². The SMILES string of the molecule is O=C([C@@H]1COCCO1)N1CCC[C@H]1c1ccc2c(c1)OCCO2. The van der Waals surface area contributed by atoms with Crippen LogP contribution in [0.5, 0.6) is 11.5 Å². The van der Waals surface area contributed by atoms with Gasteiger partial charge >= 0.3 is 0 Å². The van der Waals surface area contributed by atoms with Gasteiger partial charge in [-0.2, -0.15) is 0 Å². The van der Waals surface area contributed by atoms with E-state index in [1.807, 2.05) is 23.1 Å². The second-order valence-corrected chi connectivity index (χ2v) is 6.03. The first-order chi connectivity index (χ1) is 11.3. The Hall–Kier alpha value is -1.79. The zero-order valence-electron chi connectivity index (χ0n) is 13.0. The summed E-state index contributed by atoms with van der Waals surface area (Å²) in [6.07, 6.45) is 1.48. The number of nitrogens with zero attached hydrogens (tertiary/aromatic N) is 1. The second-order valence-electron chi connectivity index (χ2n) is 6.03. The molecule has 2 atom stereocenters. The molecule has 1 amide bonds. The van der Waals surface area contributed by atoms with E-state index in [-0.39, 0.29) is 11.9 Å². The minimum atomic E-state index is -0.471. The van der Waals surface area contributed by atoms with Crippen LogP contribution in [0.4, 0.5) is 0 Å². The maximum absolute atomic E-state index is 12.7. The molecule has 1 aromatic carbocycles. The number of benzene rings is 1. The minimum absolute atomic E-state index is 0.0297. The maximum Gasteiger partial charge on any atom is 0.254 e. The largest absolute Gasteiger partial charge is 0.486 e. The van der Waals surface area contributed by atoms with Crippen LogP contribution in [0.15, 0.2) is 18.2 Å². The molecule has 0 aromatic heterocycles. The molecular formula is C17H21NO5. The van der Waals surface area contributed by atoms with Crippen LogP contribution in [-0.2, 0) is 14.3 Å². The Kier molecular flexibility index (Phi) is 4.10. The highest BCUT2D eigenvalue weighted by molar-refractivity contribution is 5.82. The molecule has 1 aromatic rings. The lowest BCUT2D eigenvalue weighted by Crippen LogP contribution is -2.45. The number of fused-ring (bicyclic) bond motifs is 1. The normalized spacial score (nSPS) is 27.0. The standard InChI is InChI=1S/C17H21NO5/c19-17(16-11-20-6-7-23-16)18-5-1-2-13(18)12-3-4-14-15(10-12)22-9-8-21-14/h3-4,10,13,16H,1-2,5-9,11H2/t13-,16-/m0/s1. The smallest absolute Gasteiger partial charge is 0.254 e. The van der Waals surface area contributed by atoms with Gasteiger partial charge in [0.05, 0.1) is 25.9 Å². The Morgan fingerprint density at radius 2 is 1.96 bits per heavy atom. The molecule has 0 spiro atoms. The van der Waals surface area contributed by atoms with E-state index in [0.29, 0.717) is 33.0 Å². The van der Waals surface area contributed by atoms with Gasteiger partial charge < -0.3 is 23.8 Å². The molecule has 124 valence electrons. The van der Waals surface area contributed by atoms with Crippen molar-refractivity contribution in [2.45, 2.75) is 25.0 Å². The first-order valence-electron chi connectivity index (χ1n) is 8.22. The summed E-state index contributed by atoms with van der Waals surface area (Å²) in [6, 6.07) is 6.04. The van der Waals surface area contributed by atoms with E-state index in [4.69, 9.17) is 18.9 Å². The summed E-state index contributed by atoms with van der Waals surface area (Å²) in [5, 5.41) is 0. The molecule has 6 heteroatoms. The predicted molar refractivity (Wildman–Crippen MR) is 81.7 cm³/mol. The molecule has 0 N–H and O–H groups in total.